The first-order valence-corrected chi connectivity index (χ1v) is 8.85. The van der Waals surface area contributed by atoms with Crippen molar-refractivity contribution in [3.8, 4) is 0 Å². The number of para-hydroxylation sites is 1. The second-order valence-electron chi connectivity index (χ2n) is 6.58. The maximum atomic E-state index is 12.2. The third kappa shape index (κ3) is 5.92. The average Bonchev–Trinajstić information content (AvgIpc) is 2.62. The van der Waals surface area contributed by atoms with Crippen molar-refractivity contribution < 1.29 is 9.63 Å². The highest BCUT2D eigenvalue weighted by atomic mass is 16.6. The zero-order valence-electron chi connectivity index (χ0n) is 15.7. The summed E-state index contributed by atoms with van der Waals surface area (Å²) in [4.78, 5) is 17.3. The van der Waals surface area contributed by atoms with Crippen LogP contribution in [0.5, 0.6) is 0 Å². The van der Waals surface area contributed by atoms with Crippen molar-refractivity contribution in [3.63, 3.8) is 0 Å². The first kappa shape index (κ1) is 19.5. The summed E-state index contributed by atoms with van der Waals surface area (Å²) >= 11 is 0. The van der Waals surface area contributed by atoms with Crippen molar-refractivity contribution in [2.24, 2.45) is 10.9 Å². The number of amidine groups is 1. The van der Waals surface area contributed by atoms with E-state index in [2.05, 4.69) is 24.3 Å². The van der Waals surface area contributed by atoms with Crippen LogP contribution in [0, 0.1) is 6.92 Å². The van der Waals surface area contributed by atoms with Gasteiger partial charge in [-0.3, -0.25) is 4.79 Å². The van der Waals surface area contributed by atoms with E-state index in [1.807, 2.05) is 55.5 Å². The van der Waals surface area contributed by atoms with Gasteiger partial charge in [0.2, 0.25) is 0 Å². The fourth-order valence-electron chi connectivity index (χ4n) is 2.65. The predicted molar refractivity (Wildman–Crippen MR) is 106 cm³/mol. The lowest BCUT2D eigenvalue weighted by atomic mass is 9.98. The van der Waals surface area contributed by atoms with Crippen molar-refractivity contribution in [2.75, 3.05) is 11.9 Å². The Morgan fingerprint density at radius 1 is 1.15 bits per heavy atom. The number of hydrogen-bond acceptors (Lipinski definition) is 3. The van der Waals surface area contributed by atoms with Gasteiger partial charge in [-0.2, -0.15) is 0 Å². The van der Waals surface area contributed by atoms with E-state index in [4.69, 9.17) is 10.6 Å². The van der Waals surface area contributed by atoms with Crippen LogP contribution in [-0.2, 0) is 16.1 Å². The van der Waals surface area contributed by atoms with Gasteiger partial charge in [0, 0.05) is 12.1 Å². The lowest BCUT2D eigenvalue weighted by Gasteiger charge is -2.16. The van der Waals surface area contributed by atoms with Crippen LogP contribution < -0.4 is 11.1 Å². The van der Waals surface area contributed by atoms with Gasteiger partial charge in [0.25, 0.3) is 5.91 Å². The van der Waals surface area contributed by atoms with E-state index in [9.17, 15) is 4.79 Å². The molecule has 5 heteroatoms. The van der Waals surface area contributed by atoms with E-state index in [1.54, 1.807) is 0 Å². The molecule has 0 saturated heterocycles. The van der Waals surface area contributed by atoms with Crippen LogP contribution in [0.1, 0.15) is 42.9 Å². The number of nitrogens with one attached hydrogen (secondary N) is 1. The van der Waals surface area contributed by atoms with Crippen molar-refractivity contribution in [2.45, 2.75) is 39.5 Å². The fraction of sp³-hybridized carbons (Fsp3) is 0.333. The Morgan fingerprint density at radius 2 is 1.88 bits per heavy atom. The molecule has 0 radical (unpaired) electrons. The number of amides is 1. The van der Waals surface area contributed by atoms with Crippen LogP contribution >= 0.6 is 0 Å². The summed E-state index contributed by atoms with van der Waals surface area (Å²) in [7, 11) is 0. The number of carbonyl (C=O) groups is 1. The molecular formula is C21H27N3O2. The molecular weight excluding hydrogens is 326 g/mol. The van der Waals surface area contributed by atoms with Gasteiger partial charge < -0.3 is 15.9 Å². The van der Waals surface area contributed by atoms with E-state index in [1.165, 1.54) is 5.56 Å². The first-order chi connectivity index (χ1) is 12.5. The Hall–Kier alpha value is -2.82. The summed E-state index contributed by atoms with van der Waals surface area (Å²) in [5, 5.41) is 6.75. The van der Waals surface area contributed by atoms with Gasteiger partial charge in [-0.05, 0) is 36.0 Å². The smallest absolute Gasteiger partial charge is 0.265 e. The normalized spacial score (nSPS) is 11.5. The molecule has 0 heterocycles. The van der Waals surface area contributed by atoms with Crippen LogP contribution in [0.3, 0.4) is 0 Å². The number of carbonyl (C=O) groups excluding carboxylic acids is 1. The minimum absolute atomic E-state index is 0.169. The molecule has 0 aliphatic rings. The summed E-state index contributed by atoms with van der Waals surface area (Å²) in [5.74, 6) is 0.444. The highest BCUT2D eigenvalue weighted by Gasteiger charge is 2.12. The summed E-state index contributed by atoms with van der Waals surface area (Å²) in [6.45, 7) is 6.00. The summed E-state index contributed by atoms with van der Waals surface area (Å²) in [5.41, 5.74) is 10.00. The number of hydrogen-bond donors (Lipinski definition) is 2. The van der Waals surface area contributed by atoms with Gasteiger partial charge in [-0.1, -0.05) is 67.5 Å². The summed E-state index contributed by atoms with van der Waals surface area (Å²) in [6.07, 6.45) is 1.37. The van der Waals surface area contributed by atoms with Crippen LogP contribution in [0.25, 0.3) is 0 Å². The Kier molecular flexibility index (Phi) is 7.21. The lowest BCUT2D eigenvalue weighted by Crippen LogP contribution is -2.20. The molecule has 0 unspecified atom stereocenters. The first-order valence-electron chi connectivity index (χ1n) is 8.85. The molecule has 0 spiro atoms. The quantitative estimate of drug-likeness (QED) is 0.428. The van der Waals surface area contributed by atoms with Crippen LogP contribution in [-0.4, -0.2) is 18.3 Å². The van der Waals surface area contributed by atoms with E-state index >= 15 is 0 Å². The number of anilines is 1. The van der Waals surface area contributed by atoms with Crippen molar-refractivity contribution in [3.05, 3.63) is 65.2 Å². The Bertz CT molecular complexity index is 755. The van der Waals surface area contributed by atoms with Gasteiger partial charge in [0.15, 0.2) is 6.61 Å². The molecule has 0 atom stereocenters. The van der Waals surface area contributed by atoms with Crippen LogP contribution in [0.15, 0.2) is 53.7 Å². The van der Waals surface area contributed by atoms with E-state index < -0.39 is 0 Å². The van der Waals surface area contributed by atoms with Crippen molar-refractivity contribution >= 4 is 17.4 Å². The minimum atomic E-state index is -0.249. The number of nitrogens with zero attached hydrogens (tertiary/aromatic N) is 1. The average molecular weight is 353 g/mol. The maximum Gasteiger partial charge on any atom is 0.265 e. The monoisotopic (exact) mass is 353 g/mol. The standard InChI is InChI=1S/C21H27N3O2/c1-15(2)18-11-7-8-16(3)21(18)23-20(25)14-26-24-19(22)13-12-17-9-5-4-6-10-17/h4-11,15H,12-14H2,1-3H3,(H2,22,24)(H,23,25). The van der Waals surface area contributed by atoms with E-state index in [0.717, 1.165) is 23.2 Å². The van der Waals surface area contributed by atoms with Gasteiger partial charge in [0.1, 0.15) is 5.84 Å². The number of rotatable bonds is 8. The topological polar surface area (TPSA) is 76.7 Å². The molecule has 0 aliphatic carbocycles. The number of oxime groups is 1. The molecule has 0 bridgehead atoms. The zero-order valence-corrected chi connectivity index (χ0v) is 15.7. The van der Waals surface area contributed by atoms with Crippen LogP contribution in [0.4, 0.5) is 5.69 Å². The third-order valence-corrected chi connectivity index (χ3v) is 4.08. The third-order valence-electron chi connectivity index (χ3n) is 4.08. The minimum Gasteiger partial charge on any atom is -0.384 e. The molecule has 2 aromatic rings. The van der Waals surface area contributed by atoms with Gasteiger partial charge in [0.05, 0.1) is 0 Å². The van der Waals surface area contributed by atoms with Crippen molar-refractivity contribution in [1.29, 1.82) is 0 Å². The zero-order chi connectivity index (χ0) is 18.9. The second-order valence-corrected chi connectivity index (χ2v) is 6.58. The van der Waals surface area contributed by atoms with Crippen molar-refractivity contribution in [1.82, 2.24) is 0 Å². The van der Waals surface area contributed by atoms with E-state index in [0.29, 0.717) is 18.2 Å². The molecule has 5 nitrogen and oxygen atoms in total. The molecule has 3 N–H and O–H groups in total. The number of benzene rings is 2. The molecule has 0 saturated carbocycles. The second kappa shape index (κ2) is 9.61. The lowest BCUT2D eigenvalue weighted by molar-refractivity contribution is -0.120. The van der Waals surface area contributed by atoms with Gasteiger partial charge >= 0.3 is 0 Å². The fourth-order valence-corrected chi connectivity index (χ4v) is 2.65. The molecule has 2 rings (SSSR count). The van der Waals surface area contributed by atoms with E-state index in [-0.39, 0.29) is 12.5 Å². The molecule has 0 aromatic heterocycles. The molecule has 138 valence electrons. The Morgan fingerprint density at radius 3 is 2.58 bits per heavy atom. The van der Waals surface area contributed by atoms with Crippen LogP contribution in [0.2, 0.25) is 0 Å². The number of nitrogens with two attached hydrogens (primary N) is 1. The summed E-state index contributed by atoms with van der Waals surface area (Å²) in [6, 6.07) is 16.0. The molecule has 0 fully saturated rings. The number of aryl methyl sites for hydroxylation is 2. The maximum absolute atomic E-state index is 12.2. The highest BCUT2D eigenvalue weighted by molar-refractivity contribution is 5.93. The molecule has 2 aromatic carbocycles. The molecule has 26 heavy (non-hydrogen) atoms. The SMILES string of the molecule is Cc1cccc(C(C)C)c1NC(=O)CO/N=C(\N)CCc1ccccc1. The largest absolute Gasteiger partial charge is 0.384 e. The predicted octanol–water partition coefficient (Wildman–Crippen LogP) is 3.98. The Labute approximate surface area is 155 Å². The molecule has 1 amide bonds. The highest BCUT2D eigenvalue weighted by Crippen LogP contribution is 2.27. The Balaban J connectivity index is 1.83. The van der Waals surface area contributed by atoms with Gasteiger partial charge in [-0.15, -0.1) is 0 Å². The summed E-state index contributed by atoms with van der Waals surface area (Å²) < 4.78 is 0. The molecule has 0 aliphatic heterocycles. The van der Waals surface area contributed by atoms with Gasteiger partial charge in [-0.25, -0.2) is 0 Å².